The molecule has 0 amide bonds. The standard InChI is InChI=1S/C16H22N2OS/c1-12(10-15-4-3-9-20-15)18(2)11-16(19)13-5-7-14(17)8-6-13/h3-9,12,16,19H,10-11,17H2,1-2H3. The maximum Gasteiger partial charge on any atom is 0.0916 e. The second kappa shape index (κ2) is 6.88. The molecule has 4 heteroatoms. The molecule has 1 aromatic carbocycles. The number of anilines is 1. The second-order valence-corrected chi connectivity index (χ2v) is 6.29. The maximum absolute atomic E-state index is 10.3. The van der Waals surface area contributed by atoms with Crippen LogP contribution in [0, 0.1) is 0 Å². The number of likely N-dealkylation sites (N-methyl/N-ethyl adjacent to an activating group) is 1. The van der Waals surface area contributed by atoms with Gasteiger partial charge in [-0.3, -0.25) is 0 Å². The van der Waals surface area contributed by atoms with Crippen LogP contribution in [-0.2, 0) is 6.42 Å². The van der Waals surface area contributed by atoms with Crippen LogP contribution >= 0.6 is 11.3 Å². The fourth-order valence-corrected chi connectivity index (χ4v) is 2.98. The first-order chi connectivity index (χ1) is 9.56. The van der Waals surface area contributed by atoms with Gasteiger partial charge in [-0.05, 0) is 49.5 Å². The summed E-state index contributed by atoms with van der Waals surface area (Å²) in [5, 5.41) is 12.4. The Kier molecular flexibility index (Phi) is 5.17. The van der Waals surface area contributed by atoms with Crippen LogP contribution in [0.3, 0.4) is 0 Å². The molecule has 0 saturated heterocycles. The zero-order valence-corrected chi connectivity index (χ0v) is 12.8. The first-order valence-corrected chi connectivity index (χ1v) is 7.70. The summed E-state index contributed by atoms with van der Waals surface area (Å²) in [5.74, 6) is 0. The first-order valence-electron chi connectivity index (χ1n) is 6.82. The quantitative estimate of drug-likeness (QED) is 0.804. The normalized spacial score (nSPS) is 14.4. The van der Waals surface area contributed by atoms with Gasteiger partial charge in [0.05, 0.1) is 6.10 Å². The Bertz CT molecular complexity index is 510. The molecule has 108 valence electrons. The van der Waals surface area contributed by atoms with Crippen LogP contribution in [0.15, 0.2) is 41.8 Å². The summed E-state index contributed by atoms with van der Waals surface area (Å²) in [7, 11) is 2.05. The number of rotatable bonds is 6. The van der Waals surface area contributed by atoms with Gasteiger partial charge in [-0.25, -0.2) is 0 Å². The summed E-state index contributed by atoms with van der Waals surface area (Å²) in [4.78, 5) is 3.58. The van der Waals surface area contributed by atoms with Gasteiger partial charge in [-0.2, -0.15) is 0 Å². The van der Waals surface area contributed by atoms with Gasteiger partial charge in [0.25, 0.3) is 0 Å². The van der Waals surface area contributed by atoms with Gasteiger partial charge >= 0.3 is 0 Å². The van der Waals surface area contributed by atoms with E-state index in [0.717, 1.165) is 17.7 Å². The highest BCUT2D eigenvalue weighted by atomic mass is 32.1. The van der Waals surface area contributed by atoms with Crippen LogP contribution in [0.4, 0.5) is 5.69 Å². The third-order valence-electron chi connectivity index (χ3n) is 3.61. The average Bonchev–Trinajstić information content (AvgIpc) is 2.92. The van der Waals surface area contributed by atoms with Crippen molar-refractivity contribution in [2.24, 2.45) is 0 Å². The van der Waals surface area contributed by atoms with Crippen molar-refractivity contribution < 1.29 is 5.11 Å². The van der Waals surface area contributed by atoms with Crippen molar-refractivity contribution in [2.45, 2.75) is 25.5 Å². The van der Waals surface area contributed by atoms with E-state index >= 15 is 0 Å². The lowest BCUT2D eigenvalue weighted by molar-refractivity contribution is 0.108. The van der Waals surface area contributed by atoms with Crippen molar-refractivity contribution in [3.63, 3.8) is 0 Å². The van der Waals surface area contributed by atoms with E-state index < -0.39 is 6.10 Å². The number of benzene rings is 1. The molecule has 1 heterocycles. The van der Waals surface area contributed by atoms with Crippen molar-refractivity contribution in [3.05, 3.63) is 52.2 Å². The van der Waals surface area contributed by atoms with E-state index in [2.05, 4.69) is 36.4 Å². The smallest absolute Gasteiger partial charge is 0.0916 e. The first kappa shape index (κ1) is 15.0. The highest BCUT2D eigenvalue weighted by Gasteiger charge is 2.15. The molecule has 0 aliphatic rings. The molecule has 0 bridgehead atoms. The Morgan fingerprint density at radius 2 is 1.95 bits per heavy atom. The van der Waals surface area contributed by atoms with E-state index in [1.165, 1.54) is 4.88 Å². The van der Waals surface area contributed by atoms with Gasteiger partial charge in [0, 0.05) is 23.2 Å². The third-order valence-corrected chi connectivity index (χ3v) is 4.51. The van der Waals surface area contributed by atoms with E-state index in [1.807, 2.05) is 24.3 Å². The van der Waals surface area contributed by atoms with Gasteiger partial charge < -0.3 is 15.7 Å². The van der Waals surface area contributed by atoms with Crippen LogP contribution in [0.1, 0.15) is 23.5 Å². The molecule has 20 heavy (non-hydrogen) atoms. The lowest BCUT2D eigenvalue weighted by atomic mass is 10.1. The molecule has 0 aliphatic heterocycles. The Labute approximate surface area is 124 Å². The van der Waals surface area contributed by atoms with E-state index in [-0.39, 0.29) is 0 Å². The van der Waals surface area contributed by atoms with Crippen LogP contribution in [0.25, 0.3) is 0 Å². The minimum Gasteiger partial charge on any atom is -0.399 e. The van der Waals surface area contributed by atoms with Crippen LogP contribution in [-0.4, -0.2) is 29.6 Å². The van der Waals surface area contributed by atoms with E-state index in [9.17, 15) is 5.11 Å². The minimum atomic E-state index is -0.480. The number of aliphatic hydroxyl groups is 1. The lowest BCUT2D eigenvalue weighted by Crippen LogP contribution is -2.34. The SMILES string of the molecule is CC(Cc1cccs1)N(C)CC(O)c1ccc(N)cc1. The molecule has 1 aromatic heterocycles. The fourth-order valence-electron chi connectivity index (χ4n) is 2.15. The van der Waals surface area contributed by atoms with Crippen molar-refractivity contribution in [2.75, 3.05) is 19.3 Å². The van der Waals surface area contributed by atoms with Gasteiger partial charge in [0.2, 0.25) is 0 Å². The largest absolute Gasteiger partial charge is 0.399 e. The third kappa shape index (κ3) is 4.07. The minimum absolute atomic E-state index is 0.400. The summed E-state index contributed by atoms with van der Waals surface area (Å²) in [6.07, 6.45) is 0.536. The summed E-state index contributed by atoms with van der Waals surface area (Å²) < 4.78 is 0. The van der Waals surface area contributed by atoms with Crippen molar-refractivity contribution in [1.82, 2.24) is 4.90 Å². The van der Waals surface area contributed by atoms with Gasteiger partial charge in [0.1, 0.15) is 0 Å². The summed E-state index contributed by atoms with van der Waals surface area (Å²) >= 11 is 1.78. The van der Waals surface area contributed by atoms with Gasteiger partial charge in [0.15, 0.2) is 0 Å². The molecular weight excluding hydrogens is 268 g/mol. The molecule has 2 aromatic rings. The average molecular weight is 290 g/mol. The zero-order valence-electron chi connectivity index (χ0n) is 12.0. The molecule has 0 fully saturated rings. The molecule has 3 N–H and O–H groups in total. The van der Waals surface area contributed by atoms with Crippen molar-refractivity contribution >= 4 is 17.0 Å². The molecule has 0 spiro atoms. The maximum atomic E-state index is 10.3. The highest BCUT2D eigenvalue weighted by molar-refractivity contribution is 7.09. The van der Waals surface area contributed by atoms with Crippen molar-refractivity contribution in [3.8, 4) is 0 Å². The molecular formula is C16H22N2OS. The number of aliphatic hydroxyl groups excluding tert-OH is 1. The summed E-state index contributed by atoms with van der Waals surface area (Å²) in [5.41, 5.74) is 7.30. The summed E-state index contributed by atoms with van der Waals surface area (Å²) in [6, 6.07) is 12.1. The Hall–Kier alpha value is -1.36. The van der Waals surface area contributed by atoms with E-state index in [0.29, 0.717) is 12.6 Å². The van der Waals surface area contributed by atoms with Crippen LogP contribution < -0.4 is 5.73 Å². The van der Waals surface area contributed by atoms with Gasteiger partial charge in [-0.15, -0.1) is 11.3 Å². The highest BCUT2D eigenvalue weighted by Crippen LogP contribution is 2.18. The number of hydrogen-bond acceptors (Lipinski definition) is 4. The number of nitrogens with zero attached hydrogens (tertiary/aromatic N) is 1. The Morgan fingerprint density at radius 3 is 2.55 bits per heavy atom. The molecule has 2 unspecified atom stereocenters. The molecule has 2 atom stereocenters. The summed E-state index contributed by atoms with van der Waals surface area (Å²) in [6.45, 7) is 2.81. The van der Waals surface area contributed by atoms with Crippen LogP contribution in [0.2, 0.25) is 0 Å². The fraction of sp³-hybridized carbons (Fsp3) is 0.375. The van der Waals surface area contributed by atoms with Crippen molar-refractivity contribution in [1.29, 1.82) is 0 Å². The number of nitrogen functional groups attached to an aromatic ring is 1. The van der Waals surface area contributed by atoms with Gasteiger partial charge in [-0.1, -0.05) is 18.2 Å². The molecule has 2 rings (SSSR count). The van der Waals surface area contributed by atoms with E-state index in [4.69, 9.17) is 5.73 Å². The second-order valence-electron chi connectivity index (χ2n) is 5.25. The predicted molar refractivity (Wildman–Crippen MR) is 85.9 cm³/mol. The predicted octanol–water partition coefficient (Wildman–Crippen LogP) is 2.93. The number of nitrogens with two attached hydrogens (primary N) is 1. The van der Waals surface area contributed by atoms with Crippen LogP contribution in [0.5, 0.6) is 0 Å². The molecule has 0 saturated carbocycles. The number of thiophene rings is 1. The van der Waals surface area contributed by atoms with E-state index in [1.54, 1.807) is 11.3 Å². The Morgan fingerprint density at radius 1 is 1.25 bits per heavy atom. The Balaban J connectivity index is 1.89. The molecule has 0 aliphatic carbocycles. The lowest BCUT2D eigenvalue weighted by Gasteiger charge is -2.27. The number of hydrogen-bond donors (Lipinski definition) is 2. The zero-order chi connectivity index (χ0) is 14.5. The molecule has 0 radical (unpaired) electrons. The monoisotopic (exact) mass is 290 g/mol. The topological polar surface area (TPSA) is 49.5 Å². The molecule has 3 nitrogen and oxygen atoms in total.